The Labute approximate surface area is 123 Å². The highest BCUT2D eigenvalue weighted by Gasteiger charge is 2.34. The lowest BCUT2D eigenvalue weighted by Crippen LogP contribution is -2.47. The summed E-state index contributed by atoms with van der Waals surface area (Å²) in [5.41, 5.74) is 6.31. The van der Waals surface area contributed by atoms with Crippen molar-refractivity contribution in [3.8, 4) is 5.75 Å². The van der Waals surface area contributed by atoms with E-state index in [0.29, 0.717) is 16.3 Å². The van der Waals surface area contributed by atoms with E-state index in [-0.39, 0.29) is 11.4 Å². The van der Waals surface area contributed by atoms with Gasteiger partial charge in [0.15, 0.2) is 11.5 Å². The second-order valence-corrected chi connectivity index (χ2v) is 6.42. The number of rotatable bonds is 4. The van der Waals surface area contributed by atoms with E-state index in [1.807, 2.05) is 0 Å². The van der Waals surface area contributed by atoms with Crippen molar-refractivity contribution >= 4 is 27.8 Å². The maximum absolute atomic E-state index is 11.6. The number of nitrogens with zero attached hydrogens (tertiary/aromatic N) is 1. The number of hydrogen-bond acceptors (Lipinski definition) is 6. The molecule has 0 saturated carbocycles. The molecule has 20 heavy (non-hydrogen) atoms. The summed E-state index contributed by atoms with van der Waals surface area (Å²) in [6, 6.07) is 0. The SMILES string of the molecule is COc1c(N2CCCC(C)(OC)C2)sc(C(C)=O)c1N. The maximum Gasteiger partial charge on any atom is 0.177 e. The third-order valence-corrected chi connectivity index (χ3v) is 5.19. The zero-order valence-electron chi connectivity index (χ0n) is 12.5. The summed E-state index contributed by atoms with van der Waals surface area (Å²) >= 11 is 1.41. The molecule has 0 spiro atoms. The zero-order valence-corrected chi connectivity index (χ0v) is 13.3. The summed E-state index contributed by atoms with van der Waals surface area (Å²) in [6.07, 6.45) is 2.07. The second-order valence-electron chi connectivity index (χ2n) is 5.42. The van der Waals surface area contributed by atoms with E-state index in [1.54, 1.807) is 14.2 Å². The normalized spacial score (nSPS) is 22.9. The van der Waals surface area contributed by atoms with E-state index in [9.17, 15) is 4.79 Å². The molecule has 0 amide bonds. The number of carbonyl (C=O) groups is 1. The third kappa shape index (κ3) is 2.62. The van der Waals surface area contributed by atoms with Gasteiger partial charge in [0.05, 0.1) is 23.3 Å². The Bertz CT molecular complexity index is 515. The Hall–Kier alpha value is -1.27. The van der Waals surface area contributed by atoms with E-state index >= 15 is 0 Å². The number of Topliss-reactive ketones (excluding diaryl/α,β-unsaturated/α-hetero) is 1. The Balaban J connectivity index is 2.37. The molecule has 1 aromatic heterocycles. The van der Waals surface area contributed by atoms with Gasteiger partial charge in [-0.05, 0) is 19.8 Å². The lowest BCUT2D eigenvalue weighted by molar-refractivity contribution is -0.00457. The molecule has 1 fully saturated rings. The van der Waals surface area contributed by atoms with Crippen molar-refractivity contribution in [3.63, 3.8) is 0 Å². The van der Waals surface area contributed by atoms with E-state index in [4.69, 9.17) is 15.2 Å². The minimum Gasteiger partial charge on any atom is -0.492 e. The van der Waals surface area contributed by atoms with Crippen LogP contribution in [-0.2, 0) is 4.74 Å². The van der Waals surface area contributed by atoms with Gasteiger partial charge in [-0.25, -0.2) is 0 Å². The van der Waals surface area contributed by atoms with Crippen molar-refractivity contribution in [3.05, 3.63) is 4.88 Å². The van der Waals surface area contributed by atoms with Crippen LogP contribution >= 0.6 is 11.3 Å². The second kappa shape index (κ2) is 5.61. The molecule has 112 valence electrons. The molecule has 1 aromatic rings. The lowest BCUT2D eigenvalue weighted by atomic mass is 9.95. The van der Waals surface area contributed by atoms with Gasteiger partial charge >= 0.3 is 0 Å². The van der Waals surface area contributed by atoms with Crippen molar-refractivity contribution in [2.75, 3.05) is 37.9 Å². The van der Waals surface area contributed by atoms with Gasteiger partial charge in [-0.15, -0.1) is 11.3 Å². The van der Waals surface area contributed by atoms with Crippen LogP contribution < -0.4 is 15.4 Å². The number of nitrogens with two attached hydrogens (primary N) is 1. The Morgan fingerprint density at radius 1 is 1.45 bits per heavy atom. The summed E-state index contributed by atoms with van der Waals surface area (Å²) in [4.78, 5) is 14.4. The van der Waals surface area contributed by atoms with Gasteiger partial charge in [0.1, 0.15) is 5.00 Å². The van der Waals surface area contributed by atoms with Gasteiger partial charge in [-0.3, -0.25) is 4.79 Å². The van der Waals surface area contributed by atoms with Gasteiger partial charge in [0.25, 0.3) is 0 Å². The van der Waals surface area contributed by atoms with Crippen LogP contribution in [0.1, 0.15) is 36.4 Å². The van der Waals surface area contributed by atoms with Crippen LogP contribution in [-0.4, -0.2) is 38.7 Å². The Kier molecular flexibility index (Phi) is 4.25. The molecule has 1 unspecified atom stereocenters. The molecule has 1 atom stereocenters. The molecule has 0 aliphatic carbocycles. The molecule has 2 heterocycles. The predicted octanol–water partition coefficient (Wildman–Crippen LogP) is 2.55. The molecular formula is C14H22N2O3S. The number of nitrogen functional groups attached to an aromatic ring is 1. The Morgan fingerprint density at radius 3 is 2.70 bits per heavy atom. The standard InChI is InChI=1S/C14H22N2O3S/c1-9(17)12-10(15)11(18-3)13(20-12)16-7-5-6-14(2,8-16)19-4/h5-8,15H2,1-4H3. The highest BCUT2D eigenvalue weighted by molar-refractivity contribution is 7.19. The van der Waals surface area contributed by atoms with E-state index in [2.05, 4.69) is 11.8 Å². The number of carbonyl (C=O) groups excluding carboxylic acids is 1. The molecule has 2 rings (SSSR count). The molecule has 0 radical (unpaired) electrons. The van der Waals surface area contributed by atoms with Crippen molar-refractivity contribution in [2.45, 2.75) is 32.3 Å². The minimum atomic E-state index is -0.168. The first-order valence-electron chi connectivity index (χ1n) is 6.69. The summed E-state index contributed by atoms with van der Waals surface area (Å²) in [5.74, 6) is 0.587. The molecule has 0 bridgehead atoms. The average molecular weight is 298 g/mol. The minimum absolute atomic E-state index is 0.0245. The van der Waals surface area contributed by atoms with E-state index < -0.39 is 0 Å². The molecule has 1 aliphatic rings. The van der Waals surface area contributed by atoms with Crippen LogP contribution in [0.2, 0.25) is 0 Å². The number of anilines is 2. The first-order valence-corrected chi connectivity index (χ1v) is 7.51. The molecular weight excluding hydrogens is 276 g/mol. The van der Waals surface area contributed by atoms with Crippen LogP contribution in [0.15, 0.2) is 0 Å². The van der Waals surface area contributed by atoms with Gasteiger partial charge in [0.2, 0.25) is 0 Å². The topological polar surface area (TPSA) is 64.8 Å². The fraction of sp³-hybridized carbons (Fsp3) is 0.643. The van der Waals surface area contributed by atoms with Crippen LogP contribution in [0.5, 0.6) is 5.75 Å². The molecule has 0 aromatic carbocycles. The lowest BCUT2D eigenvalue weighted by Gasteiger charge is -2.40. The number of thiophene rings is 1. The van der Waals surface area contributed by atoms with Crippen LogP contribution in [0.25, 0.3) is 0 Å². The van der Waals surface area contributed by atoms with Gasteiger partial charge in [-0.2, -0.15) is 0 Å². The average Bonchev–Trinajstić information content (AvgIpc) is 2.76. The zero-order chi connectivity index (χ0) is 14.9. The number of ketones is 1. The largest absolute Gasteiger partial charge is 0.492 e. The molecule has 5 nitrogen and oxygen atoms in total. The van der Waals surface area contributed by atoms with Gasteiger partial charge in [-0.1, -0.05) is 0 Å². The quantitative estimate of drug-likeness (QED) is 0.865. The van der Waals surface area contributed by atoms with Crippen molar-refractivity contribution in [1.82, 2.24) is 0 Å². The number of piperidine rings is 1. The first-order chi connectivity index (χ1) is 9.41. The van der Waals surface area contributed by atoms with E-state index in [0.717, 1.165) is 30.9 Å². The van der Waals surface area contributed by atoms with Crippen LogP contribution in [0.4, 0.5) is 10.7 Å². The summed E-state index contributed by atoms with van der Waals surface area (Å²) in [6.45, 7) is 5.33. The molecule has 1 aliphatic heterocycles. The third-order valence-electron chi connectivity index (χ3n) is 3.85. The summed E-state index contributed by atoms with van der Waals surface area (Å²) < 4.78 is 11.0. The summed E-state index contributed by atoms with van der Waals surface area (Å²) in [5, 5.41) is 0.929. The number of hydrogen-bond donors (Lipinski definition) is 1. The number of ether oxygens (including phenoxy) is 2. The smallest absolute Gasteiger partial charge is 0.177 e. The monoisotopic (exact) mass is 298 g/mol. The fourth-order valence-electron chi connectivity index (χ4n) is 2.63. The fourth-order valence-corrected chi connectivity index (χ4v) is 3.74. The summed E-state index contributed by atoms with van der Waals surface area (Å²) in [7, 11) is 3.33. The van der Waals surface area contributed by atoms with E-state index in [1.165, 1.54) is 18.3 Å². The predicted molar refractivity (Wildman–Crippen MR) is 82.1 cm³/mol. The Morgan fingerprint density at radius 2 is 2.15 bits per heavy atom. The van der Waals surface area contributed by atoms with Crippen molar-refractivity contribution in [2.24, 2.45) is 0 Å². The highest BCUT2D eigenvalue weighted by atomic mass is 32.1. The number of methoxy groups -OCH3 is 2. The van der Waals surface area contributed by atoms with Crippen LogP contribution in [0, 0.1) is 0 Å². The van der Waals surface area contributed by atoms with Crippen LogP contribution in [0.3, 0.4) is 0 Å². The van der Waals surface area contributed by atoms with Gasteiger partial charge < -0.3 is 20.1 Å². The highest BCUT2D eigenvalue weighted by Crippen LogP contribution is 2.46. The van der Waals surface area contributed by atoms with Crippen molar-refractivity contribution < 1.29 is 14.3 Å². The first kappa shape index (κ1) is 15.1. The molecule has 2 N–H and O–H groups in total. The maximum atomic E-state index is 11.6. The van der Waals surface area contributed by atoms with Crippen molar-refractivity contribution in [1.29, 1.82) is 0 Å². The molecule has 6 heteroatoms. The van der Waals surface area contributed by atoms with Gasteiger partial charge in [0, 0.05) is 27.1 Å². The molecule has 1 saturated heterocycles.